The van der Waals surface area contributed by atoms with Gasteiger partial charge in [-0.1, -0.05) is 12.1 Å². The fraction of sp³-hybridized carbons (Fsp3) is 0.571. The van der Waals surface area contributed by atoms with Gasteiger partial charge in [-0.05, 0) is 56.9 Å². The third-order valence-electron chi connectivity index (χ3n) is 3.07. The summed E-state index contributed by atoms with van der Waals surface area (Å²) in [7, 11) is 0. The van der Waals surface area contributed by atoms with Crippen LogP contribution in [0.5, 0.6) is 0 Å². The molecule has 0 aliphatic carbocycles. The van der Waals surface area contributed by atoms with Crippen molar-refractivity contribution in [2.45, 2.75) is 46.8 Å². The predicted octanol–water partition coefficient (Wildman–Crippen LogP) is 2.64. The van der Waals surface area contributed by atoms with Crippen molar-refractivity contribution in [3.63, 3.8) is 0 Å². The molecule has 2 N–H and O–H groups in total. The van der Waals surface area contributed by atoms with E-state index in [-0.39, 0.29) is 12.1 Å². The second-order valence-corrected chi connectivity index (χ2v) is 4.77. The van der Waals surface area contributed by atoms with Crippen molar-refractivity contribution < 1.29 is 5.11 Å². The first-order valence-corrected chi connectivity index (χ1v) is 5.91. The molecule has 0 saturated heterocycles. The quantitative estimate of drug-likeness (QED) is 0.819. The van der Waals surface area contributed by atoms with Gasteiger partial charge < -0.3 is 10.4 Å². The number of rotatable bonds is 4. The van der Waals surface area contributed by atoms with Gasteiger partial charge in [0.1, 0.15) is 0 Å². The number of nitrogens with one attached hydrogen (secondary N) is 1. The van der Waals surface area contributed by atoms with Gasteiger partial charge in [0.25, 0.3) is 0 Å². The first kappa shape index (κ1) is 13.2. The monoisotopic (exact) mass is 221 g/mol. The molecular formula is C14H23NO. The van der Waals surface area contributed by atoms with Crippen LogP contribution in [0.3, 0.4) is 0 Å². The number of aryl methyl sites for hydroxylation is 3. The van der Waals surface area contributed by atoms with Crippen LogP contribution in [0.2, 0.25) is 0 Å². The Hall–Kier alpha value is -0.860. The summed E-state index contributed by atoms with van der Waals surface area (Å²) in [5.74, 6) is 0. The van der Waals surface area contributed by atoms with Gasteiger partial charge in [0.15, 0.2) is 0 Å². The summed E-state index contributed by atoms with van der Waals surface area (Å²) in [5.41, 5.74) is 5.30. The van der Waals surface area contributed by atoms with Gasteiger partial charge >= 0.3 is 0 Å². The molecule has 2 heteroatoms. The number of benzene rings is 1. The Labute approximate surface area is 98.7 Å². The highest BCUT2D eigenvalue weighted by molar-refractivity contribution is 5.37. The Balaban J connectivity index is 2.82. The maximum atomic E-state index is 9.25. The second kappa shape index (κ2) is 5.46. The van der Waals surface area contributed by atoms with Gasteiger partial charge in [-0.25, -0.2) is 0 Å². The molecule has 0 amide bonds. The molecule has 2 nitrogen and oxygen atoms in total. The number of hydrogen-bond acceptors (Lipinski definition) is 2. The van der Waals surface area contributed by atoms with E-state index in [1.165, 1.54) is 22.3 Å². The minimum Gasteiger partial charge on any atom is -0.392 e. The normalized spacial score (nSPS) is 14.9. The summed E-state index contributed by atoms with van der Waals surface area (Å²) in [5, 5.41) is 12.6. The van der Waals surface area contributed by atoms with Gasteiger partial charge in [-0.15, -0.1) is 0 Å². The van der Waals surface area contributed by atoms with E-state index in [0.717, 1.165) is 0 Å². The van der Waals surface area contributed by atoms with Crippen LogP contribution in [0.25, 0.3) is 0 Å². The van der Waals surface area contributed by atoms with Gasteiger partial charge in [0.05, 0.1) is 6.10 Å². The Morgan fingerprint density at radius 1 is 1.06 bits per heavy atom. The number of aliphatic hydroxyl groups is 1. The van der Waals surface area contributed by atoms with Crippen LogP contribution >= 0.6 is 0 Å². The Morgan fingerprint density at radius 3 is 2.19 bits per heavy atom. The molecule has 90 valence electrons. The lowest BCUT2D eigenvalue weighted by Gasteiger charge is -2.19. The summed E-state index contributed by atoms with van der Waals surface area (Å²) in [6.45, 7) is 11.0. The maximum absolute atomic E-state index is 9.25. The van der Waals surface area contributed by atoms with Crippen molar-refractivity contribution in [3.8, 4) is 0 Å². The molecule has 2 atom stereocenters. The number of aliphatic hydroxyl groups excluding tert-OH is 1. The fourth-order valence-electron chi connectivity index (χ4n) is 1.91. The zero-order valence-electron chi connectivity index (χ0n) is 11.0. The summed E-state index contributed by atoms with van der Waals surface area (Å²) < 4.78 is 0. The van der Waals surface area contributed by atoms with Gasteiger partial charge in [0.2, 0.25) is 0 Å². The Bertz CT molecular complexity index is 358. The first-order valence-electron chi connectivity index (χ1n) is 5.91. The lowest BCUT2D eigenvalue weighted by molar-refractivity contribution is 0.187. The van der Waals surface area contributed by atoms with E-state index in [2.05, 4.69) is 45.1 Å². The zero-order valence-corrected chi connectivity index (χ0v) is 11.0. The highest BCUT2D eigenvalue weighted by Crippen LogP contribution is 2.21. The van der Waals surface area contributed by atoms with E-state index in [1.807, 2.05) is 0 Å². The van der Waals surface area contributed by atoms with Crippen molar-refractivity contribution in [1.82, 2.24) is 5.32 Å². The van der Waals surface area contributed by atoms with E-state index in [4.69, 9.17) is 0 Å². The molecular weight excluding hydrogens is 198 g/mol. The Morgan fingerprint density at radius 2 is 1.62 bits per heavy atom. The topological polar surface area (TPSA) is 32.3 Å². The van der Waals surface area contributed by atoms with E-state index < -0.39 is 0 Å². The standard InChI is InChI=1S/C14H23NO/c1-9-6-11(3)14(7-10(9)2)13(5)15-8-12(4)16/h6-7,12-13,15-16H,8H2,1-5H3/t12-,13?/m1/s1. The SMILES string of the molecule is Cc1cc(C)c(C(C)NC[C@@H](C)O)cc1C. The smallest absolute Gasteiger partial charge is 0.0636 e. The lowest BCUT2D eigenvalue weighted by atomic mass is 9.96. The van der Waals surface area contributed by atoms with Crippen molar-refractivity contribution in [2.24, 2.45) is 0 Å². The molecule has 16 heavy (non-hydrogen) atoms. The molecule has 0 heterocycles. The molecule has 0 aliphatic rings. The van der Waals surface area contributed by atoms with Crippen LogP contribution in [-0.4, -0.2) is 17.8 Å². The molecule has 0 fully saturated rings. The summed E-state index contributed by atoms with van der Waals surface area (Å²) in [6.07, 6.45) is -0.297. The third-order valence-corrected chi connectivity index (χ3v) is 3.07. The molecule has 0 saturated carbocycles. The third kappa shape index (κ3) is 3.32. The Kier molecular flexibility index (Phi) is 4.51. The van der Waals surface area contributed by atoms with Gasteiger partial charge in [0, 0.05) is 12.6 Å². The zero-order chi connectivity index (χ0) is 12.3. The average Bonchev–Trinajstić information content (AvgIpc) is 2.20. The average molecular weight is 221 g/mol. The molecule has 0 radical (unpaired) electrons. The minimum atomic E-state index is -0.297. The number of hydrogen-bond donors (Lipinski definition) is 2. The molecule has 1 aromatic carbocycles. The summed E-state index contributed by atoms with van der Waals surface area (Å²) in [6, 6.07) is 4.75. The molecule has 1 aromatic rings. The highest BCUT2D eigenvalue weighted by Gasteiger charge is 2.10. The van der Waals surface area contributed by atoms with Crippen LogP contribution in [0.4, 0.5) is 0 Å². The molecule has 0 aliphatic heterocycles. The molecule has 1 unspecified atom stereocenters. The molecule has 1 rings (SSSR count). The minimum absolute atomic E-state index is 0.286. The van der Waals surface area contributed by atoms with Crippen molar-refractivity contribution in [3.05, 3.63) is 34.4 Å². The molecule has 0 spiro atoms. The molecule has 0 aromatic heterocycles. The van der Waals surface area contributed by atoms with E-state index in [9.17, 15) is 5.11 Å². The van der Waals surface area contributed by atoms with Crippen molar-refractivity contribution in [1.29, 1.82) is 0 Å². The van der Waals surface area contributed by atoms with Crippen LogP contribution in [0, 0.1) is 20.8 Å². The van der Waals surface area contributed by atoms with Crippen LogP contribution in [0.15, 0.2) is 12.1 Å². The van der Waals surface area contributed by atoms with E-state index in [0.29, 0.717) is 6.54 Å². The largest absolute Gasteiger partial charge is 0.392 e. The van der Waals surface area contributed by atoms with E-state index in [1.54, 1.807) is 6.92 Å². The first-order chi connectivity index (χ1) is 7.41. The lowest BCUT2D eigenvalue weighted by Crippen LogP contribution is -2.27. The van der Waals surface area contributed by atoms with Crippen molar-refractivity contribution in [2.75, 3.05) is 6.54 Å². The fourth-order valence-corrected chi connectivity index (χ4v) is 1.91. The van der Waals surface area contributed by atoms with Crippen LogP contribution in [0.1, 0.15) is 42.1 Å². The summed E-state index contributed by atoms with van der Waals surface area (Å²) >= 11 is 0. The summed E-state index contributed by atoms with van der Waals surface area (Å²) in [4.78, 5) is 0. The van der Waals surface area contributed by atoms with Gasteiger partial charge in [-0.2, -0.15) is 0 Å². The van der Waals surface area contributed by atoms with Crippen molar-refractivity contribution >= 4 is 0 Å². The molecule has 0 bridgehead atoms. The highest BCUT2D eigenvalue weighted by atomic mass is 16.3. The second-order valence-electron chi connectivity index (χ2n) is 4.77. The van der Waals surface area contributed by atoms with Gasteiger partial charge in [-0.3, -0.25) is 0 Å². The van der Waals surface area contributed by atoms with E-state index >= 15 is 0 Å². The maximum Gasteiger partial charge on any atom is 0.0636 e. The van der Waals surface area contributed by atoms with Crippen LogP contribution in [-0.2, 0) is 0 Å². The van der Waals surface area contributed by atoms with Crippen LogP contribution < -0.4 is 5.32 Å². The predicted molar refractivity (Wildman–Crippen MR) is 68.8 cm³/mol.